The Labute approximate surface area is 181 Å². The number of carbonyl (C=O) groups is 1. The van der Waals surface area contributed by atoms with Crippen LogP contribution in [-0.2, 0) is 13.1 Å². The molecule has 0 spiro atoms. The number of nitrogens with one attached hydrogen (secondary N) is 2. The van der Waals surface area contributed by atoms with E-state index in [9.17, 15) is 4.79 Å². The number of anilines is 2. The molecule has 2 aromatic heterocycles. The first kappa shape index (κ1) is 20.3. The molecule has 4 rings (SSSR count). The van der Waals surface area contributed by atoms with Crippen molar-refractivity contribution in [1.82, 2.24) is 19.7 Å². The van der Waals surface area contributed by atoms with Crippen molar-refractivity contribution in [3.8, 4) is 0 Å². The quantitative estimate of drug-likeness (QED) is 0.473. The summed E-state index contributed by atoms with van der Waals surface area (Å²) >= 11 is 0. The zero-order valence-corrected chi connectivity index (χ0v) is 17.5. The Morgan fingerprint density at radius 3 is 1.94 bits per heavy atom. The smallest absolute Gasteiger partial charge is 0.281 e. The minimum atomic E-state index is -0.273. The van der Waals surface area contributed by atoms with Gasteiger partial charge in [0.25, 0.3) is 5.91 Å². The summed E-state index contributed by atoms with van der Waals surface area (Å²) in [6.07, 6.45) is 3.17. The van der Waals surface area contributed by atoms with E-state index in [1.54, 1.807) is 24.5 Å². The van der Waals surface area contributed by atoms with Gasteiger partial charge in [0.2, 0.25) is 11.9 Å². The second-order valence-corrected chi connectivity index (χ2v) is 7.39. The van der Waals surface area contributed by atoms with Crippen LogP contribution in [0.25, 0.3) is 0 Å². The third kappa shape index (κ3) is 5.14. The van der Waals surface area contributed by atoms with E-state index in [-0.39, 0.29) is 5.91 Å². The minimum Gasteiger partial charge on any atom is -0.350 e. The number of hydrogen-bond donors (Lipinski definition) is 2. The molecule has 2 N–H and O–H groups in total. The monoisotopic (exact) mass is 412 g/mol. The Morgan fingerprint density at radius 1 is 0.806 bits per heavy atom. The van der Waals surface area contributed by atoms with Crippen LogP contribution in [0.1, 0.15) is 32.6 Å². The fraction of sp³-hybridized carbons (Fsp3) is 0.167. The summed E-state index contributed by atoms with van der Waals surface area (Å²) in [7, 11) is 0. The van der Waals surface area contributed by atoms with Crippen molar-refractivity contribution in [1.29, 1.82) is 0 Å². The number of hydrogen-bond acceptors (Lipinski definition) is 6. The van der Waals surface area contributed by atoms with E-state index >= 15 is 0 Å². The maximum absolute atomic E-state index is 13.0. The lowest BCUT2D eigenvalue weighted by Crippen LogP contribution is -2.17. The van der Waals surface area contributed by atoms with E-state index in [0.29, 0.717) is 30.5 Å². The molecule has 0 aliphatic rings. The predicted molar refractivity (Wildman–Crippen MR) is 121 cm³/mol. The number of carbonyl (C=O) groups excluding carboxylic acids is 1. The third-order valence-corrected chi connectivity index (χ3v) is 4.87. The van der Waals surface area contributed by atoms with Crippen molar-refractivity contribution in [2.75, 3.05) is 10.6 Å². The van der Waals surface area contributed by atoms with Gasteiger partial charge in [0.05, 0.1) is 0 Å². The van der Waals surface area contributed by atoms with Gasteiger partial charge in [-0.2, -0.15) is 9.67 Å². The van der Waals surface area contributed by atoms with Crippen LogP contribution in [0.5, 0.6) is 0 Å². The number of aromatic nitrogens is 4. The molecule has 7 nitrogen and oxygen atoms in total. The highest BCUT2D eigenvalue weighted by atomic mass is 16.2. The molecular formula is C24H24N6O. The molecule has 0 aliphatic heterocycles. The average Bonchev–Trinajstić information content (AvgIpc) is 3.21. The molecule has 2 heterocycles. The van der Waals surface area contributed by atoms with E-state index in [4.69, 9.17) is 0 Å². The maximum atomic E-state index is 13.0. The molecule has 0 amide bonds. The van der Waals surface area contributed by atoms with E-state index < -0.39 is 0 Å². The summed E-state index contributed by atoms with van der Waals surface area (Å²) in [6, 6.07) is 19.7. The topological polar surface area (TPSA) is 84.7 Å². The summed E-state index contributed by atoms with van der Waals surface area (Å²) in [6.45, 7) is 5.19. The fourth-order valence-corrected chi connectivity index (χ4v) is 3.03. The predicted octanol–water partition coefficient (Wildman–Crippen LogP) is 4.20. The molecule has 0 unspecified atom stereocenters. The Morgan fingerprint density at radius 2 is 1.35 bits per heavy atom. The van der Waals surface area contributed by atoms with Crippen molar-refractivity contribution < 1.29 is 4.79 Å². The Hall–Kier alpha value is -4.00. The van der Waals surface area contributed by atoms with Crippen molar-refractivity contribution in [3.05, 3.63) is 101 Å². The first-order valence-corrected chi connectivity index (χ1v) is 10.1. The minimum absolute atomic E-state index is 0.273. The largest absolute Gasteiger partial charge is 0.350 e. The molecule has 4 aromatic rings. The molecule has 0 fully saturated rings. The average molecular weight is 412 g/mol. The molecule has 156 valence electrons. The van der Waals surface area contributed by atoms with Gasteiger partial charge in [-0.15, -0.1) is 5.10 Å². The van der Waals surface area contributed by atoms with Crippen LogP contribution in [-0.4, -0.2) is 25.7 Å². The summed E-state index contributed by atoms with van der Waals surface area (Å²) in [4.78, 5) is 21.5. The van der Waals surface area contributed by atoms with E-state index in [1.165, 1.54) is 15.8 Å². The van der Waals surface area contributed by atoms with E-state index in [2.05, 4.69) is 69.0 Å². The van der Waals surface area contributed by atoms with Crippen LogP contribution in [0.15, 0.2) is 73.1 Å². The standard InChI is InChI=1S/C24H24N6O/c1-17-3-7-19(8-4-17)15-26-23-28-24(27-16-20-9-5-18(2)6-10-20)30(29-23)22(31)21-11-13-25-14-12-21/h3-14H,15-16H2,1-2H3,(H2,26,27,28,29). The highest BCUT2D eigenvalue weighted by Gasteiger charge is 2.18. The van der Waals surface area contributed by atoms with Crippen molar-refractivity contribution in [2.45, 2.75) is 26.9 Å². The molecule has 2 aromatic carbocycles. The van der Waals surface area contributed by atoms with Crippen LogP contribution in [0.3, 0.4) is 0 Å². The number of nitrogens with zero attached hydrogens (tertiary/aromatic N) is 4. The highest BCUT2D eigenvalue weighted by Crippen LogP contribution is 2.15. The number of pyridine rings is 1. The summed E-state index contributed by atoms with van der Waals surface area (Å²) < 4.78 is 1.29. The van der Waals surface area contributed by atoms with Gasteiger partial charge in [0.1, 0.15) is 0 Å². The molecule has 7 heteroatoms. The lowest BCUT2D eigenvalue weighted by molar-refractivity contribution is 0.0947. The molecule has 31 heavy (non-hydrogen) atoms. The lowest BCUT2D eigenvalue weighted by atomic mass is 10.1. The van der Waals surface area contributed by atoms with Gasteiger partial charge in [-0.25, -0.2) is 0 Å². The van der Waals surface area contributed by atoms with Gasteiger partial charge in [-0.1, -0.05) is 59.7 Å². The Bertz CT molecular complexity index is 1150. The van der Waals surface area contributed by atoms with Gasteiger partial charge < -0.3 is 10.6 Å². The SMILES string of the molecule is Cc1ccc(CNc2nc(NCc3ccc(C)cc3)n(C(=O)c3ccncc3)n2)cc1. The van der Waals surface area contributed by atoms with Gasteiger partial charge in [0.15, 0.2) is 0 Å². The molecule has 0 atom stereocenters. The molecule has 0 radical (unpaired) electrons. The van der Waals surface area contributed by atoms with Crippen molar-refractivity contribution >= 4 is 17.8 Å². The molecular weight excluding hydrogens is 388 g/mol. The highest BCUT2D eigenvalue weighted by molar-refractivity contribution is 5.96. The first-order valence-electron chi connectivity index (χ1n) is 10.1. The number of benzene rings is 2. The fourth-order valence-electron chi connectivity index (χ4n) is 3.03. The van der Waals surface area contributed by atoms with Gasteiger partial charge in [0, 0.05) is 31.0 Å². The van der Waals surface area contributed by atoms with Crippen LogP contribution in [0, 0.1) is 13.8 Å². The second-order valence-electron chi connectivity index (χ2n) is 7.39. The second kappa shape index (κ2) is 9.21. The zero-order chi connectivity index (χ0) is 21.6. The first-order chi connectivity index (χ1) is 15.1. The summed E-state index contributed by atoms with van der Waals surface area (Å²) in [5, 5.41) is 10.9. The third-order valence-electron chi connectivity index (χ3n) is 4.87. The zero-order valence-electron chi connectivity index (χ0n) is 17.5. The number of aryl methyl sites for hydroxylation is 2. The lowest BCUT2D eigenvalue weighted by Gasteiger charge is -2.07. The Balaban J connectivity index is 1.55. The number of rotatable bonds is 7. The summed E-state index contributed by atoms with van der Waals surface area (Å²) in [5.41, 5.74) is 5.09. The molecule has 0 aliphatic carbocycles. The van der Waals surface area contributed by atoms with Gasteiger partial charge in [-0.05, 0) is 37.1 Å². The molecule has 0 saturated heterocycles. The van der Waals surface area contributed by atoms with Crippen LogP contribution in [0.2, 0.25) is 0 Å². The van der Waals surface area contributed by atoms with Gasteiger partial charge in [-0.3, -0.25) is 9.78 Å². The van der Waals surface area contributed by atoms with Crippen LogP contribution >= 0.6 is 0 Å². The normalized spacial score (nSPS) is 10.6. The summed E-state index contributed by atoms with van der Waals surface area (Å²) in [5.74, 6) is 0.493. The van der Waals surface area contributed by atoms with Crippen LogP contribution < -0.4 is 10.6 Å². The molecule has 0 bridgehead atoms. The maximum Gasteiger partial charge on any atom is 0.281 e. The Kier molecular flexibility index (Phi) is 6.03. The van der Waals surface area contributed by atoms with Gasteiger partial charge >= 0.3 is 0 Å². The van der Waals surface area contributed by atoms with Crippen LogP contribution in [0.4, 0.5) is 11.9 Å². The van der Waals surface area contributed by atoms with E-state index in [1.807, 2.05) is 19.1 Å². The van der Waals surface area contributed by atoms with E-state index in [0.717, 1.165) is 11.1 Å². The molecule has 0 saturated carbocycles. The van der Waals surface area contributed by atoms with Crippen molar-refractivity contribution in [3.63, 3.8) is 0 Å². The van der Waals surface area contributed by atoms with Crippen molar-refractivity contribution in [2.24, 2.45) is 0 Å².